The van der Waals surface area contributed by atoms with Crippen molar-refractivity contribution in [2.45, 2.75) is 12.8 Å². The van der Waals surface area contributed by atoms with Gasteiger partial charge in [-0.15, -0.1) is 0 Å². The number of aryl methyl sites for hydroxylation is 1. The van der Waals surface area contributed by atoms with Crippen LogP contribution in [0.2, 0.25) is 0 Å². The summed E-state index contributed by atoms with van der Waals surface area (Å²) in [6.07, 6.45) is 3.88. The van der Waals surface area contributed by atoms with Crippen molar-refractivity contribution < 1.29 is 4.92 Å². The summed E-state index contributed by atoms with van der Waals surface area (Å²) in [7, 11) is 0. The number of aromatic amines is 1. The number of hydrogen-bond acceptors (Lipinski definition) is 5. The number of fused-ring (bicyclic) bond motifs is 1. The number of pyridine rings is 1. The molecule has 4 N–H and O–H groups in total. The van der Waals surface area contributed by atoms with Gasteiger partial charge >= 0.3 is 5.69 Å². The largest absolute Gasteiger partial charge is 0.378 e. The van der Waals surface area contributed by atoms with Crippen molar-refractivity contribution in [2.24, 2.45) is 0 Å². The van der Waals surface area contributed by atoms with Gasteiger partial charge in [-0.05, 0) is 30.5 Å². The molecule has 0 fully saturated rings. The Labute approximate surface area is 132 Å². The van der Waals surface area contributed by atoms with Gasteiger partial charge in [0.05, 0.1) is 4.92 Å². The molecule has 2 heterocycles. The molecule has 23 heavy (non-hydrogen) atoms. The number of aromatic nitrogens is 2. The number of H-pyrrole nitrogens is 1. The zero-order chi connectivity index (χ0) is 16.2. The SMILES string of the molecule is Nc1nc(NCCCc2c[nH]c3ccccc23)ccc1[N+](=O)[O-]. The summed E-state index contributed by atoms with van der Waals surface area (Å²) in [6, 6.07) is 11.1. The van der Waals surface area contributed by atoms with E-state index in [1.165, 1.54) is 17.0 Å². The summed E-state index contributed by atoms with van der Waals surface area (Å²) >= 11 is 0. The smallest absolute Gasteiger partial charge is 0.311 e. The molecular formula is C16H17N5O2. The standard InChI is InChI=1S/C16H17N5O2/c17-16-14(21(22)23)7-8-15(20-16)18-9-3-4-11-10-19-13-6-2-1-5-12(11)13/h1-2,5-8,10,19H,3-4,9H2,(H3,17,18,20). The Morgan fingerprint density at radius 3 is 2.87 bits per heavy atom. The summed E-state index contributed by atoms with van der Waals surface area (Å²) < 4.78 is 0. The first-order valence-electron chi connectivity index (χ1n) is 7.35. The van der Waals surface area contributed by atoms with E-state index in [0.29, 0.717) is 12.4 Å². The van der Waals surface area contributed by atoms with Gasteiger partial charge in [0.2, 0.25) is 5.82 Å². The highest BCUT2D eigenvalue weighted by Crippen LogP contribution is 2.21. The van der Waals surface area contributed by atoms with Crippen LogP contribution < -0.4 is 11.1 Å². The summed E-state index contributed by atoms with van der Waals surface area (Å²) in [6.45, 7) is 0.712. The van der Waals surface area contributed by atoms with Gasteiger partial charge in [-0.2, -0.15) is 0 Å². The predicted octanol–water partition coefficient (Wildman–Crippen LogP) is 3.10. The molecule has 0 saturated carbocycles. The molecule has 1 aromatic carbocycles. The van der Waals surface area contributed by atoms with Crippen LogP contribution in [0.3, 0.4) is 0 Å². The van der Waals surface area contributed by atoms with Crippen LogP contribution in [-0.2, 0) is 6.42 Å². The topological polar surface area (TPSA) is 110 Å². The molecule has 3 aromatic rings. The van der Waals surface area contributed by atoms with Crippen molar-refractivity contribution in [2.75, 3.05) is 17.6 Å². The zero-order valence-corrected chi connectivity index (χ0v) is 12.5. The van der Waals surface area contributed by atoms with E-state index >= 15 is 0 Å². The number of nitro groups is 1. The second-order valence-corrected chi connectivity index (χ2v) is 5.25. The highest BCUT2D eigenvalue weighted by Gasteiger charge is 2.12. The van der Waals surface area contributed by atoms with Gasteiger partial charge in [0.1, 0.15) is 5.82 Å². The van der Waals surface area contributed by atoms with Gasteiger partial charge in [0, 0.05) is 29.7 Å². The van der Waals surface area contributed by atoms with E-state index < -0.39 is 4.92 Å². The minimum atomic E-state index is -0.539. The van der Waals surface area contributed by atoms with Crippen molar-refractivity contribution in [1.82, 2.24) is 9.97 Å². The summed E-state index contributed by atoms with van der Waals surface area (Å²) in [4.78, 5) is 17.4. The van der Waals surface area contributed by atoms with Gasteiger partial charge in [-0.25, -0.2) is 4.98 Å². The van der Waals surface area contributed by atoms with E-state index in [2.05, 4.69) is 27.4 Å². The minimum Gasteiger partial charge on any atom is -0.378 e. The minimum absolute atomic E-state index is 0.0726. The van der Waals surface area contributed by atoms with E-state index in [9.17, 15) is 10.1 Å². The molecular weight excluding hydrogens is 294 g/mol. The molecule has 118 valence electrons. The van der Waals surface area contributed by atoms with Gasteiger partial charge < -0.3 is 16.0 Å². The summed E-state index contributed by atoms with van der Waals surface area (Å²) in [5, 5.41) is 15.1. The highest BCUT2D eigenvalue weighted by atomic mass is 16.6. The Bertz CT molecular complexity index is 843. The maximum Gasteiger partial charge on any atom is 0.311 e. The predicted molar refractivity (Wildman–Crippen MR) is 90.4 cm³/mol. The first kappa shape index (κ1) is 14.8. The van der Waals surface area contributed by atoms with E-state index in [1.54, 1.807) is 6.07 Å². The van der Waals surface area contributed by atoms with Crippen LogP contribution in [0.4, 0.5) is 17.3 Å². The number of nitrogens with zero attached hydrogens (tertiary/aromatic N) is 2. The Kier molecular flexibility index (Phi) is 4.09. The monoisotopic (exact) mass is 311 g/mol. The number of nitrogen functional groups attached to an aromatic ring is 1. The second kappa shape index (κ2) is 6.35. The van der Waals surface area contributed by atoms with Crippen molar-refractivity contribution in [3.8, 4) is 0 Å². The van der Waals surface area contributed by atoms with Crippen LogP contribution in [0.15, 0.2) is 42.6 Å². The van der Waals surface area contributed by atoms with Crippen LogP contribution >= 0.6 is 0 Å². The number of nitrogens with two attached hydrogens (primary N) is 1. The quantitative estimate of drug-likeness (QED) is 0.368. The molecule has 0 saturated heterocycles. The number of anilines is 2. The number of nitrogens with one attached hydrogen (secondary N) is 2. The molecule has 0 radical (unpaired) electrons. The van der Waals surface area contributed by atoms with Crippen LogP contribution in [0.1, 0.15) is 12.0 Å². The first-order valence-corrected chi connectivity index (χ1v) is 7.35. The van der Waals surface area contributed by atoms with Crippen LogP contribution in [0, 0.1) is 10.1 Å². The van der Waals surface area contributed by atoms with E-state index in [0.717, 1.165) is 18.4 Å². The molecule has 0 atom stereocenters. The molecule has 0 amide bonds. The highest BCUT2D eigenvalue weighted by molar-refractivity contribution is 5.83. The lowest BCUT2D eigenvalue weighted by atomic mass is 10.1. The number of benzene rings is 1. The number of para-hydroxylation sites is 1. The third-order valence-electron chi connectivity index (χ3n) is 3.70. The summed E-state index contributed by atoms with van der Waals surface area (Å²) in [5.74, 6) is 0.476. The van der Waals surface area contributed by atoms with Crippen molar-refractivity contribution in [3.63, 3.8) is 0 Å². The lowest BCUT2D eigenvalue weighted by molar-refractivity contribution is -0.384. The lowest BCUT2D eigenvalue weighted by Crippen LogP contribution is -2.06. The third kappa shape index (κ3) is 3.23. The Morgan fingerprint density at radius 1 is 1.26 bits per heavy atom. The van der Waals surface area contributed by atoms with Crippen molar-refractivity contribution >= 4 is 28.2 Å². The lowest BCUT2D eigenvalue weighted by Gasteiger charge is -2.06. The fourth-order valence-corrected chi connectivity index (χ4v) is 2.55. The van der Waals surface area contributed by atoms with Crippen molar-refractivity contribution in [3.05, 3.63) is 58.3 Å². The number of hydrogen-bond donors (Lipinski definition) is 3. The average Bonchev–Trinajstić information content (AvgIpc) is 2.94. The summed E-state index contributed by atoms with van der Waals surface area (Å²) in [5.41, 5.74) is 7.81. The molecule has 2 aromatic heterocycles. The van der Waals surface area contributed by atoms with Crippen LogP contribution in [0.5, 0.6) is 0 Å². The molecule has 0 spiro atoms. The molecule has 3 rings (SSSR count). The molecule has 0 aliphatic carbocycles. The second-order valence-electron chi connectivity index (χ2n) is 5.25. The molecule has 0 bridgehead atoms. The molecule has 7 heteroatoms. The maximum atomic E-state index is 10.7. The van der Waals surface area contributed by atoms with E-state index in [-0.39, 0.29) is 11.5 Å². The van der Waals surface area contributed by atoms with E-state index in [1.807, 2.05) is 18.3 Å². The third-order valence-corrected chi connectivity index (χ3v) is 3.70. The normalized spacial score (nSPS) is 10.8. The van der Waals surface area contributed by atoms with Gasteiger partial charge in [0.15, 0.2) is 0 Å². The van der Waals surface area contributed by atoms with Gasteiger partial charge in [-0.3, -0.25) is 10.1 Å². The first-order chi connectivity index (χ1) is 11.1. The zero-order valence-electron chi connectivity index (χ0n) is 12.5. The van der Waals surface area contributed by atoms with Gasteiger partial charge in [0.25, 0.3) is 0 Å². The molecule has 0 unspecified atom stereocenters. The Hall–Kier alpha value is -3.09. The Balaban J connectivity index is 1.56. The molecule has 0 aliphatic heterocycles. The Morgan fingerprint density at radius 2 is 2.09 bits per heavy atom. The van der Waals surface area contributed by atoms with Crippen molar-refractivity contribution in [1.29, 1.82) is 0 Å². The molecule has 0 aliphatic rings. The fourth-order valence-electron chi connectivity index (χ4n) is 2.55. The van der Waals surface area contributed by atoms with Gasteiger partial charge in [-0.1, -0.05) is 18.2 Å². The van der Waals surface area contributed by atoms with E-state index in [4.69, 9.17) is 5.73 Å². The average molecular weight is 311 g/mol. The van der Waals surface area contributed by atoms with Crippen LogP contribution in [0.25, 0.3) is 10.9 Å². The van der Waals surface area contributed by atoms with Crippen LogP contribution in [-0.4, -0.2) is 21.4 Å². The fraction of sp³-hybridized carbons (Fsp3) is 0.188. The number of rotatable bonds is 6. The maximum absolute atomic E-state index is 10.7. The molecule has 7 nitrogen and oxygen atoms in total.